The molecular weight excluding hydrogens is 337 g/mol. The molecule has 124 valence electrons. The summed E-state index contributed by atoms with van der Waals surface area (Å²) < 4.78 is 15.0. The second-order valence-corrected chi connectivity index (χ2v) is 7.10. The summed E-state index contributed by atoms with van der Waals surface area (Å²) in [5, 5.41) is 7.45. The Hall–Kier alpha value is -1.53. The third kappa shape index (κ3) is 4.72. The number of thioether (sulfide) groups is 1. The van der Waals surface area contributed by atoms with E-state index in [4.69, 9.17) is 11.6 Å². The van der Waals surface area contributed by atoms with Crippen LogP contribution in [0.25, 0.3) is 0 Å². The zero-order chi connectivity index (χ0) is 16.9. The zero-order valence-corrected chi connectivity index (χ0v) is 14.6. The van der Waals surface area contributed by atoms with Crippen molar-refractivity contribution in [2.24, 2.45) is 0 Å². The minimum Gasteiger partial charge on any atom is -0.353 e. The molecule has 1 N–H and O–H groups in total. The van der Waals surface area contributed by atoms with Crippen molar-refractivity contribution < 1.29 is 9.18 Å². The van der Waals surface area contributed by atoms with Crippen molar-refractivity contribution in [3.8, 4) is 0 Å². The summed E-state index contributed by atoms with van der Waals surface area (Å²) in [6.45, 7) is 4.06. The molecule has 4 nitrogen and oxygen atoms in total. The van der Waals surface area contributed by atoms with Gasteiger partial charge in [-0.1, -0.05) is 29.8 Å². The van der Waals surface area contributed by atoms with Gasteiger partial charge in [0.2, 0.25) is 5.91 Å². The van der Waals surface area contributed by atoms with E-state index in [1.165, 1.54) is 16.9 Å². The number of amides is 1. The molecule has 0 spiro atoms. The van der Waals surface area contributed by atoms with Crippen molar-refractivity contribution in [1.29, 1.82) is 0 Å². The fourth-order valence-corrected chi connectivity index (χ4v) is 2.94. The van der Waals surface area contributed by atoms with Gasteiger partial charge in [-0.3, -0.25) is 9.48 Å². The SMILES string of the molecule is CC(C)(C(=O)NCCSCc1ccccc1F)n1cc(Cl)cn1. The predicted molar refractivity (Wildman–Crippen MR) is 92.1 cm³/mol. The Balaban J connectivity index is 1.75. The highest BCUT2D eigenvalue weighted by molar-refractivity contribution is 7.98. The molecule has 1 amide bonds. The molecule has 0 aliphatic heterocycles. The molecule has 7 heteroatoms. The first-order valence-corrected chi connectivity index (χ1v) is 8.74. The van der Waals surface area contributed by atoms with Gasteiger partial charge in [-0.05, 0) is 25.5 Å². The molecule has 2 aromatic rings. The van der Waals surface area contributed by atoms with Crippen LogP contribution >= 0.6 is 23.4 Å². The average molecular weight is 356 g/mol. The van der Waals surface area contributed by atoms with E-state index in [0.29, 0.717) is 28.6 Å². The molecule has 23 heavy (non-hydrogen) atoms. The van der Waals surface area contributed by atoms with Crippen LogP contribution in [0.2, 0.25) is 5.02 Å². The summed E-state index contributed by atoms with van der Waals surface area (Å²) in [4.78, 5) is 12.3. The van der Waals surface area contributed by atoms with Gasteiger partial charge in [-0.2, -0.15) is 16.9 Å². The number of nitrogens with one attached hydrogen (secondary N) is 1. The smallest absolute Gasteiger partial charge is 0.247 e. The highest BCUT2D eigenvalue weighted by Crippen LogP contribution is 2.18. The summed E-state index contributed by atoms with van der Waals surface area (Å²) in [5.41, 5.74) is -0.140. The first-order chi connectivity index (χ1) is 10.9. The lowest BCUT2D eigenvalue weighted by Gasteiger charge is -2.24. The van der Waals surface area contributed by atoms with Crippen LogP contribution in [0.3, 0.4) is 0 Å². The first-order valence-electron chi connectivity index (χ1n) is 7.21. The van der Waals surface area contributed by atoms with Crippen molar-refractivity contribution in [3.63, 3.8) is 0 Å². The van der Waals surface area contributed by atoms with Crippen molar-refractivity contribution >= 4 is 29.3 Å². The number of nitrogens with zero attached hydrogens (tertiary/aromatic N) is 2. The van der Waals surface area contributed by atoms with Crippen LogP contribution in [0, 0.1) is 5.82 Å². The minimum atomic E-state index is -0.816. The number of carbonyl (C=O) groups is 1. The second kappa shape index (κ2) is 7.84. The molecule has 2 rings (SSSR count). The molecule has 0 atom stereocenters. The van der Waals surface area contributed by atoms with Gasteiger partial charge in [0.25, 0.3) is 0 Å². The summed E-state index contributed by atoms with van der Waals surface area (Å²) >= 11 is 7.41. The second-order valence-electron chi connectivity index (χ2n) is 5.56. The summed E-state index contributed by atoms with van der Waals surface area (Å²) in [5.74, 6) is 0.959. The van der Waals surface area contributed by atoms with Crippen LogP contribution in [0.5, 0.6) is 0 Å². The normalized spacial score (nSPS) is 11.5. The Morgan fingerprint density at radius 3 is 2.83 bits per heavy atom. The number of halogens is 2. The van der Waals surface area contributed by atoms with Crippen LogP contribution in [-0.2, 0) is 16.1 Å². The van der Waals surface area contributed by atoms with E-state index in [0.717, 1.165) is 0 Å². The van der Waals surface area contributed by atoms with E-state index in [1.807, 2.05) is 6.07 Å². The van der Waals surface area contributed by atoms with Crippen LogP contribution in [-0.4, -0.2) is 28.0 Å². The Morgan fingerprint density at radius 2 is 2.17 bits per heavy atom. The average Bonchev–Trinajstić information content (AvgIpc) is 2.95. The Morgan fingerprint density at radius 1 is 1.43 bits per heavy atom. The molecule has 0 aliphatic carbocycles. The third-order valence-corrected chi connectivity index (χ3v) is 4.63. The predicted octanol–water partition coefficient (Wildman–Crippen LogP) is 3.46. The van der Waals surface area contributed by atoms with Gasteiger partial charge in [0.1, 0.15) is 11.4 Å². The molecule has 0 aliphatic rings. The van der Waals surface area contributed by atoms with E-state index in [9.17, 15) is 9.18 Å². The monoisotopic (exact) mass is 355 g/mol. The molecule has 0 radical (unpaired) electrons. The lowest BCUT2D eigenvalue weighted by atomic mass is 10.1. The summed E-state index contributed by atoms with van der Waals surface area (Å²) in [6, 6.07) is 6.71. The molecular formula is C16H19ClFN3OS. The molecule has 1 aromatic heterocycles. The Kier molecular flexibility index (Phi) is 6.07. The largest absolute Gasteiger partial charge is 0.353 e. The van der Waals surface area contributed by atoms with Crippen molar-refractivity contribution in [2.75, 3.05) is 12.3 Å². The van der Waals surface area contributed by atoms with E-state index in [1.54, 1.807) is 43.9 Å². The molecule has 0 bridgehead atoms. The molecule has 0 fully saturated rings. The van der Waals surface area contributed by atoms with Gasteiger partial charge in [0, 0.05) is 24.2 Å². The molecule has 1 heterocycles. The fourth-order valence-electron chi connectivity index (χ4n) is 1.96. The van der Waals surface area contributed by atoms with E-state index >= 15 is 0 Å². The number of aromatic nitrogens is 2. The maximum Gasteiger partial charge on any atom is 0.247 e. The highest BCUT2D eigenvalue weighted by atomic mass is 35.5. The van der Waals surface area contributed by atoms with Gasteiger partial charge >= 0.3 is 0 Å². The third-order valence-electron chi connectivity index (χ3n) is 3.43. The van der Waals surface area contributed by atoms with E-state index in [-0.39, 0.29) is 11.7 Å². The number of hydrogen-bond donors (Lipinski definition) is 1. The Bertz CT molecular complexity index is 675. The Labute approximate surface area is 144 Å². The van der Waals surface area contributed by atoms with Crippen molar-refractivity contribution in [3.05, 3.63) is 53.1 Å². The van der Waals surface area contributed by atoms with Gasteiger partial charge in [-0.25, -0.2) is 4.39 Å². The van der Waals surface area contributed by atoms with Crippen molar-refractivity contribution in [1.82, 2.24) is 15.1 Å². The topological polar surface area (TPSA) is 46.9 Å². The molecule has 0 saturated heterocycles. The lowest BCUT2D eigenvalue weighted by molar-refractivity contribution is -0.128. The maximum atomic E-state index is 13.5. The van der Waals surface area contributed by atoms with E-state index in [2.05, 4.69) is 10.4 Å². The maximum absolute atomic E-state index is 13.5. The zero-order valence-electron chi connectivity index (χ0n) is 13.1. The van der Waals surface area contributed by atoms with Gasteiger partial charge in [0.15, 0.2) is 0 Å². The van der Waals surface area contributed by atoms with Crippen LogP contribution in [0.1, 0.15) is 19.4 Å². The van der Waals surface area contributed by atoms with Crippen molar-refractivity contribution in [2.45, 2.75) is 25.1 Å². The highest BCUT2D eigenvalue weighted by Gasteiger charge is 2.30. The summed E-state index contributed by atoms with van der Waals surface area (Å²) in [6.07, 6.45) is 3.12. The molecule has 1 aromatic carbocycles. The fraction of sp³-hybridized carbons (Fsp3) is 0.375. The molecule has 0 saturated carbocycles. The molecule has 0 unspecified atom stereocenters. The first kappa shape index (κ1) is 17.8. The van der Waals surface area contributed by atoms with Crippen LogP contribution < -0.4 is 5.32 Å². The number of rotatable bonds is 7. The van der Waals surface area contributed by atoms with Gasteiger partial charge < -0.3 is 5.32 Å². The van der Waals surface area contributed by atoms with Gasteiger partial charge in [-0.15, -0.1) is 0 Å². The summed E-state index contributed by atoms with van der Waals surface area (Å²) in [7, 11) is 0. The van der Waals surface area contributed by atoms with Crippen LogP contribution in [0.15, 0.2) is 36.7 Å². The lowest BCUT2D eigenvalue weighted by Crippen LogP contribution is -2.45. The quantitative estimate of drug-likeness (QED) is 0.774. The standard InChI is InChI=1S/C16H19ClFN3OS/c1-16(2,21-10-13(17)9-20-21)15(22)19-7-8-23-11-12-5-3-4-6-14(12)18/h3-6,9-10H,7-8,11H2,1-2H3,(H,19,22). The minimum absolute atomic E-state index is 0.135. The number of carbonyl (C=O) groups excluding carboxylic acids is 1. The van der Waals surface area contributed by atoms with Gasteiger partial charge in [0.05, 0.1) is 11.2 Å². The van der Waals surface area contributed by atoms with E-state index < -0.39 is 5.54 Å². The number of hydrogen-bond acceptors (Lipinski definition) is 3. The van der Waals surface area contributed by atoms with Crippen LogP contribution in [0.4, 0.5) is 4.39 Å². The number of benzene rings is 1.